The predicted octanol–water partition coefficient (Wildman–Crippen LogP) is 1.21. The van der Waals surface area contributed by atoms with Gasteiger partial charge in [0.15, 0.2) is 0 Å². The summed E-state index contributed by atoms with van der Waals surface area (Å²) in [5.74, 6) is 1.26. The molecule has 0 saturated carbocycles. The van der Waals surface area contributed by atoms with E-state index in [4.69, 9.17) is 15.2 Å². The van der Waals surface area contributed by atoms with Crippen molar-refractivity contribution < 1.29 is 9.47 Å². The van der Waals surface area contributed by atoms with Gasteiger partial charge >= 0.3 is 0 Å². The summed E-state index contributed by atoms with van der Waals surface area (Å²) in [6, 6.07) is 3.50. The van der Waals surface area contributed by atoms with Gasteiger partial charge in [-0.05, 0) is 19.9 Å². The number of nitrogens with two attached hydrogens (primary N) is 1. The van der Waals surface area contributed by atoms with Gasteiger partial charge in [0.25, 0.3) is 0 Å². The monoisotopic (exact) mass is 196 g/mol. The number of methoxy groups -OCH3 is 1. The molecule has 0 aromatic carbocycles. The fraction of sp³-hybridized carbons (Fsp3) is 0.500. The summed E-state index contributed by atoms with van der Waals surface area (Å²) in [6.45, 7) is 4.27. The molecule has 0 atom stereocenters. The van der Waals surface area contributed by atoms with Gasteiger partial charge in [-0.2, -0.15) is 0 Å². The normalized spacial score (nSPS) is 11.1. The van der Waals surface area contributed by atoms with Crippen LogP contribution >= 0.6 is 0 Å². The van der Waals surface area contributed by atoms with Gasteiger partial charge in [-0.25, -0.2) is 4.98 Å². The molecule has 1 aromatic rings. The third-order valence-electron chi connectivity index (χ3n) is 1.53. The molecule has 14 heavy (non-hydrogen) atoms. The number of ether oxygens (including phenoxy) is 2. The first kappa shape index (κ1) is 10.8. The number of nitrogens with zero attached hydrogens (tertiary/aromatic N) is 1. The van der Waals surface area contributed by atoms with E-state index < -0.39 is 0 Å². The molecule has 0 saturated heterocycles. The third kappa shape index (κ3) is 3.62. The Morgan fingerprint density at radius 3 is 2.79 bits per heavy atom. The van der Waals surface area contributed by atoms with Crippen LogP contribution in [0.1, 0.15) is 13.8 Å². The molecule has 1 aromatic heterocycles. The van der Waals surface area contributed by atoms with Gasteiger partial charge in [0.1, 0.15) is 12.4 Å². The van der Waals surface area contributed by atoms with Crippen LogP contribution in [0.4, 0.5) is 0 Å². The molecule has 0 aliphatic rings. The summed E-state index contributed by atoms with van der Waals surface area (Å²) >= 11 is 0. The zero-order chi connectivity index (χ0) is 10.6. The van der Waals surface area contributed by atoms with E-state index in [1.807, 2.05) is 13.8 Å². The summed E-state index contributed by atoms with van der Waals surface area (Å²) in [5, 5.41) is 0. The second-order valence-electron chi connectivity index (χ2n) is 3.81. The molecule has 1 rings (SSSR count). The topological polar surface area (TPSA) is 57.4 Å². The molecule has 4 heteroatoms. The first-order valence-electron chi connectivity index (χ1n) is 4.43. The van der Waals surface area contributed by atoms with Crippen LogP contribution in [-0.2, 0) is 0 Å². The maximum atomic E-state index is 5.78. The average Bonchev–Trinajstić information content (AvgIpc) is 2.14. The molecule has 0 radical (unpaired) electrons. The Morgan fingerprint density at radius 1 is 1.50 bits per heavy atom. The van der Waals surface area contributed by atoms with Crippen molar-refractivity contribution in [2.75, 3.05) is 13.7 Å². The van der Waals surface area contributed by atoms with Crippen LogP contribution in [0.25, 0.3) is 0 Å². The molecule has 0 bridgehead atoms. The first-order chi connectivity index (χ1) is 6.51. The van der Waals surface area contributed by atoms with E-state index in [-0.39, 0.29) is 5.54 Å². The van der Waals surface area contributed by atoms with Crippen LogP contribution in [0.3, 0.4) is 0 Å². The van der Waals surface area contributed by atoms with Crippen molar-refractivity contribution >= 4 is 0 Å². The quantitative estimate of drug-likeness (QED) is 0.786. The second kappa shape index (κ2) is 4.28. The van der Waals surface area contributed by atoms with E-state index in [2.05, 4.69) is 4.98 Å². The van der Waals surface area contributed by atoms with Crippen molar-refractivity contribution in [3.63, 3.8) is 0 Å². The van der Waals surface area contributed by atoms with Gasteiger partial charge in [0.2, 0.25) is 5.88 Å². The average molecular weight is 196 g/mol. The van der Waals surface area contributed by atoms with E-state index in [9.17, 15) is 0 Å². The minimum Gasteiger partial charge on any atom is -0.491 e. The fourth-order valence-corrected chi connectivity index (χ4v) is 0.862. The molecule has 0 unspecified atom stereocenters. The Morgan fingerprint density at radius 2 is 2.21 bits per heavy atom. The lowest BCUT2D eigenvalue weighted by atomic mass is 10.1. The van der Waals surface area contributed by atoms with Crippen LogP contribution in [0.2, 0.25) is 0 Å². The van der Waals surface area contributed by atoms with Gasteiger partial charge in [0.05, 0.1) is 7.11 Å². The van der Waals surface area contributed by atoms with Crippen molar-refractivity contribution in [3.05, 3.63) is 18.3 Å². The van der Waals surface area contributed by atoms with Crippen LogP contribution in [0.15, 0.2) is 18.3 Å². The molecule has 1 heterocycles. The second-order valence-corrected chi connectivity index (χ2v) is 3.81. The van der Waals surface area contributed by atoms with Crippen LogP contribution < -0.4 is 15.2 Å². The van der Waals surface area contributed by atoms with Crippen molar-refractivity contribution in [1.82, 2.24) is 4.98 Å². The standard InChI is InChI=1S/C10H16N2O2/c1-10(2,11)7-14-8-4-5-12-9(6-8)13-3/h4-6H,7,11H2,1-3H3. The smallest absolute Gasteiger partial charge is 0.216 e. The largest absolute Gasteiger partial charge is 0.491 e. The maximum absolute atomic E-state index is 5.78. The SMILES string of the molecule is COc1cc(OCC(C)(C)N)ccn1. The van der Waals surface area contributed by atoms with Crippen LogP contribution in [-0.4, -0.2) is 24.2 Å². The molecule has 0 aliphatic carbocycles. The van der Waals surface area contributed by atoms with E-state index in [0.29, 0.717) is 12.5 Å². The van der Waals surface area contributed by atoms with Crippen molar-refractivity contribution in [1.29, 1.82) is 0 Å². The highest BCUT2D eigenvalue weighted by atomic mass is 16.5. The van der Waals surface area contributed by atoms with Crippen molar-refractivity contribution in [2.45, 2.75) is 19.4 Å². The van der Waals surface area contributed by atoms with Crippen LogP contribution in [0, 0.1) is 0 Å². The summed E-state index contributed by atoms with van der Waals surface area (Å²) in [4.78, 5) is 3.97. The first-order valence-corrected chi connectivity index (χ1v) is 4.43. The maximum Gasteiger partial charge on any atom is 0.216 e. The van der Waals surface area contributed by atoms with Crippen molar-refractivity contribution in [3.8, 4) is 11.6 Å². The molecule has 0 aliphatic heterocycles. The highest BCUT2D eigenvalue weighted by molar-refractivity contribution is 5.26. The van der Waals surface area contributed by atoms with E-state index in [1.165, 1.54) is 0 Å². The molecule has 0 amide bonds. The number of rotatable bonds is 4. The third-order valence-corrected chi connectivity index (χ3v) is 1.53. The van der Waals surface area contributed by atoms with Crippen molar-refractivity contribution in [2.24, 2.45) is 5.73 Å². The number of pyridine rings is 1. The Labute approximate surface area is 84.0 Å². The Balaban J connectivity index is 2.59. The minimum absolute atomic E-state index is 0.337. The van der Waals surface area contributed by atoms with Crippen LogP contribution in [0.5, 0.6) is 11.6 Å². The summed E-state index contributed by atoms with van der Waals surface area (Å²) in [5.41, 5.74) is 5.45. The number of hydrogen-bond acceptors (Lipinski definition) is 4. The highest BCUT2D eigenvalue weighted by Crippen LogP contribution is 2.16. The lowest BCUT2D eigenvalue weighted by molar-refractivity contribution is 0.242. The minimum atomic E-state index is -0.337. The van der Waals surface area contributed by atoms with E-state index in [0.717, 1.165) is 5.75 Å². The van der Waals surface area contributed by atoms with Gasteiger partial charge in [-0.3, -0.25) is 0 Å². The molecule has 0 spiro atoms. The zero-order valence-corrected chi connectivity index (χ0v) is 8.78. The summed E-state index contributed by atoms with van der Waals surface area (Å²) in [7, 11) is 1.57. The summed E-state index contributed by atoms with van der Waals surface area (Å²) < 4.78 is 10.4. The van der Waals surface area contributed by atoms with E-state index >= 15 is 0 Å². The Bertz CT molecular complexity index is 294. The zero-order valence-electron chi connectivity index (χ0n) is 8.78. The number of hydrogen-bond donors (Lipinski definition) is 1. The van der Waals surface area contributed by atoms with E-state index in [1.54, 1.807) is 25.4 Å². The number of aromatic nitrogens is 1. The predicted molar refractivity (Wildman–Crippen MR) is 54.6 cm³/mol. The molecule has 78 valence electrons. The lowest BCUT2D eigenvalue weighted by Crippen LogP contribution is -2.38. The lowest BCUT2D eigenvalue weighted by Gasteiger charge is -2.18. The van der Waals surface area contributed by atoms with Gasteiger partial charge < -0.3 is 15.2 Å². The molecule has 4 nitrogen and oxygen atoms in total. The fourth-order valence-electron chi connectivity index (χ4n) is 0.862. The summed E-state index contributed by atoms with van der Waals surface area (Å²) in [6.07, 6.45) is 1.64. The Hall–Kier alpha value is -1.29. The molecular formula is C10H16N2O2. The van der Waals surface area contributed by atoms with Gasteiger partial charge in [-0.15, -0.1) is 0 Å². The van der Waals surface area contributed by atoms with Gasteiger partial charge in [-0.1, -0.05) is 0 Å². The highest BCUT2D eigenvalue weighted by Gasteiger charge is 2.11. The van der Waals surface area contributed by atoms with Gasteiger partial charge in [0, 0.05) is 17.8 Å². The molecule has 2 N–H and O–H groups in total. The molecular weight excluding hydrogens is 180 g/mol. The molecule has 0 fully saturated rings. The Kier molecular flexibility index (Phi) is 3.30.